The lowest BCUT2D eigenvalue weighted by Gasteiger charge is -2.05. The van der Waals surface area contributed by atoms with Gasteiger partial charge in [0.2, 0.25) is 5.91 Å². The molecule has 92 valence electrons. The van der Waals surface area contributed by atoms with E-state index >= 15 is 0 Å². The molecule has 18 heavy (non-hydrogen) atoms. The zero-order valence-corrected chi connectivity index (χ0v) is 11.6. The molecule has 4 heteroatoms. The van der Waals surface area contributed by atoms with Gasteiger partial charge in [0.25, 0.3) is 0 Å². The molecule has 1 amide bonds. The normalized spacial score (nSPS) is 10.1. The highest BCUT2D eigenvalue weighted by Gasteiger charge is 2.04. The first-order valence-corrected chi connectivity index (χ1v) is 6.41. The number of benzene rings is 1. The number of carbonyl (C=O) groups excluding carboxylic acids is 1. The summed E-state index contributed by atoms with van der Waals surface area (Å²) in [5.41, 5.74) is 2.18. The lowest BCUT2D eigenvalue weighted by molar-refractivity contribution is -0.115. The standard InChI is InChI=1S/C14H13BrN2O/c1-10-5-7-11(8-6-10)9-14(18)17-13-4-2-3-12(15)16-13/h2-8H,9H2,1H3,(H,16,17,18). The van der Waals surface area contributed by atoms with E-state index < -0.39 is 0 Å². The Morgan fingerprint density at radius 1 is 1.22 bits per heavy atom. The van der Waals surface area contributed by atoms with Gasteiger partial charge >= 0.3 is 0 Å². The van der Waals surface area contributed by atoms with Gasteiger partial charge in [-0.1, -0.05) is 35.9 Å². The number of anilines is 1. The third kappa shape index (κ3) is 3.67. The quantitative estimate of drug-likeness (QED) is 0.884. The molecular weight excluding hydrogens is 292 g/mol. The third-order valence-corrected chi connectivity index (χ3v) is 2.91. The Kier molecular flexibility index (Phi) is 4.10. The zero-order valence-electron chi connectivity index (χ0n) is 9.98. The highest BCUT2D eigenvalue weighted by molar-refractivity contribution is 9.10. The summed E-state index contributed by atoms with van der Waals surface area (Å²) < 4.78 is 0.704. The Balaban J connectivity index is 1.98. The summed E-state index contributed by atoms with van der Waals surface area (Å²) in [6.07, 6.45) is 0.356. The molecule has 0 radical (unpaired) electrons. The molecule has 2 aromatic rings. The first kappa shape index (κ1) is 12.8. The molecule has 0 fully saturated rings. The van der Waals surface area contributed by atoms with E-state index in [1.165, 1.54) is 5.56 Å². The van der Waals surface area contributed by atoms with Gasteiger partial charge in [-0.25, -0.2) is 4.98 Å². The van der Waals surface area contributed by atoms with E-state index in [9.17, 15) is 4.79 Å². The fraction of sp³-hybridized carbons (Fsp3) is 0.143. The van der Waals surface area contributed by atoms with E-state index in [1.807, 2.05) is 43.3 Å². The van der Waals surface area contributed by atoms with Crippen molar-refractivity contribution in [3.05, 3.63) is 58.2 Å². The molecule has 1 aromatic carbocycles. The van der Waals surface area contributed by atoms with Crippen LogP contribution >= 0.6 is 15.9 Å². The van der Waals surface area contributed by atoms with Gasteiger partial charge < -0.3 is 5.32 Å². The fourth-order valence-corrected chi connectivity index (χ4v) is 1.90. The molecule has 0 saturated carbocycles. The van der Waals surface area contributed by atoms with Gasteiger partial charge in [-0.15, -0.1) is 0 Å². The van der Waals surface area contributed by atoms with Crippen LogP contribution in [0.3, 0.4) is 0 Å². The van der Waals surface area contributed by atoms with Gasteiger partial charge in [-0.3, -0.25) is 4.79 Å². The van der Waals surface area contributed by atoms with Crippen LogP contribution < -0.4 is 5.32 Å². The second-order valence-corrected chi connectivity index (χ2v) is 4.87. The average molecular weight is 305 g/mol. The SMILES string of the molecule is Cc1ccc(CC(=O)Nc2cccc(Br)n2)cc1. The van der Waals surface area contributed by atoms with Gasteiger partial charge in [-0.05, 0) is 40.5 Å². The van der Waals surface area contributed by atoms with Crippen LogP contribution in [0.4, 0.5) is 5.82 Å². The van der Waals surface area contributed by atoms with Crippen molar-refractivity contribution in [1.29, 1.82) is 0 Å². The lowest BCUT2D eigenvalue weighted by atomic mass is 10.1. The summed E-state index contributed by atoms with van der Waals surface area (Å²) in [5.74, 6) is 0.492. The number of pyridine rings is 1. The molecule has 0 saturated heterocycles. The molecule has 0 unspecified atom stereocenters. The summed E-state index contributed by atoms with van der Waals surface area (Å²) in [7, 11) is 0. The first-order chi connectivity index (χ1) is 8.63. The predicted octanol–water partition coefficient (Wildman–Crippen LogP) is 3.33. The maximum absolute atomic E-state index is 11.8. The van der Waals surface area contributed by atoms with Gasteiger partial charge in [0.05, 0.1) is 6.42 Å². The minimum Gasteiger partial charge on any atom is -0.310 e. The molecule has 0 aliphatic rings. The molecule has 2 rings (SSSR count). The summed E-state index contributed by atoms with van der Waals surface area (Å²) in [5, 5.41) is 2.77. The number of rotatable bonds is 3. The molecular formula is C14H13BrN2O. The van der Waals surface area contributed by atoms with E-state index in [4.69, 9.17) is 0 Å². The van der Waals surface area contributed by atoms with Crippen LogP contribution in [0.25, 0.3) is 0 Å². The minimum absolute atomic E-state index is 0.0653. The first-order valence-electron chi connectivity index (χ1n) is 5.61. The smallest absolute Gasteiger partial charge is 0.229 e. The Labute approximate surface area is 114 Å². The van der Waals surface area contributed by atoms with Crippen molar-refractivity contribution in [2.24, 2.45) is 0 Å². The Morgan fingerprint density at radius 3 is 2.61 bits per heavy atom. The summed E-state index contributed by atoms with van der Waals surface area (Å²) in [6, 6.07) is 13.3. The van der Waals surface area contributed by atoms with Crippen LogP contribution in [-0.4, -0.2) is 10.9 Å². The minimum atomic E-state index is -0.0653. The van der Waals surface area contributed by atoms with Crippen LogP contribution in [0, 0.1) is 6.92 Å². The number of nitrogens with zero attached hydrogens (tertiary/aromatic N) is 1. The fourth-order valence-electron chi connectivity index (χ4n) is 1.56. The molecule has 1 N–H and O–H groups in total. The number of hydrogen-bond donors (Lipinski definition) is 1. The molecule has 0 spiro atoms. The summed E-state index contributed by atoms with van der Waals surface area (Å²) in [6.45, 7) is 2.02. The van der Waals surface area contributed by atoms with Gasteiger partial charge in [0, 0.05) is 0 Å². The predicted molar refractivity (Wildman–Crippen MR) is 75.4 cm³/mol. The monoisotopic (exact) mass is 304 g/mol. The van der Waals surface area contributed by atoms with E-state index in [-0.39, 0.29) is 5.91 Å². The van der Waals surface area contributed by atoms with Gasteiger partial charge in [0.15, 0.2) is 0 Å². The topological polar surface area (TPSA) is 42.0 Å². The van der Waals surface area contributed by atoms with E-state index in [0.717, 1.165) is 5.56 Å². The van der Waals surface area contributed by atoms with E-state index in [2.05, 4.69) is 26.2 Å². The van der Waals surface area contributed by atoms with Crippen molar-refractivity contribution in [2.45, 2.75) is 13.3 Å². The number of aryl methyl sites for hydroxylation is 1. The molecule has 0 aliphatic carbocycles. The van der Waals surface area contributed by atoms with Crippen molar-refractivity contribution in [3.8, 4) is 0 Å². The zero-order chi connectivity index (χ0) is 13.0. The number of carbonyl (C=O) groups is 1. The number of aromatic nitrogens is 1. The molecule has 0 atom stereocenters. The van der Waals surface area contributed by atoms with Crippen molar-refractivity contribution in [2.75, 3.05) is 5.32 Å². The van der Waals surface area contributed by atoms with Crippen LogP contribution in [0.5, 0.6) is 0 Å². The molecule has 1 heterocycles. The molecule has 0 bridgehead atoms. The lowest BCUT2D eigenvalue weighted by Crippen LogP contribution is -2.15. The maximum Gasteiger partial charge on any atom is 0.229 e. The van der Waals surface area contributed by atoms with Crippen LogP contribution in [-0.2, 0) is 11.2 Å². The second kappa shape index (κ2) is 5.78. The van der Waals surface area contributed by atoms with E-state index in [1.54, 1.807) is 6.07 Å². The van der Waals surface area contributed by atoms with Gasteiger partial charge in [-0.2, -0.15) is 0 Å². The average Bonchev–Trinajstić information content (AvgIpc) is 2.32. The van der Waals surface area contributed by atoms with Crippen molar-refractivity contribution in [3.63, 3.8) is 0 Å². The second-order valence-electron chi connectivity index (χ2n) is 4.06. The number of amides is 1. The summed E-state index contributed by atoms with van der Waals surface area (Å²) in [4.78, 5) is 16.0. The molecule has 0 aliphatic heterocycles. The maximum atomic E-state index is 11.8. The molecule has 1 aromatic heterocycles. The third-order valence-electron chi connectivity index (χ3n) is 2.47. The molecule has 3 nitrogen and oxygen atoms in total. The van der Waals surface area contributed by atoms with Crippen molar-refractivity contribution in [1.82, 2.24) is 4.98 Å². The van der Waals surface area contributed by atoms with Crippen LogP contribution in [0.2, 0.25) is 0 Å². The van der Waals surface area contributed by atoms with Crippen molar-refractivity contribution >= 4 is 27.7 Å². The Hall–Kier alpha value is -1.68. The van der Waals surface area contributed by atoms with Gasteiger partial charge in [0.1, 0.15) is 10.4 Å². The van der Waals surface area contributed by atoms with E-state index in [0.29, 0.717) is 16.8 Å². The van der Waals surface area contributed by atoms with Crippen LogP contribution in [0.1, 0.15) is 11.1 Å². The largest absolute Gasteiger partial charge is 0.310 e. The highest BCUT2D eigenvalue weighted by atomic mass is 79.9. The number of nitrogens with one attached hydrogen (secondary N) is 1. The highest BCUT2D eigenvalue weighted by Crippen LogP contribution is 2.11. The van der Waals surface area contributed by atoms with Crippen LogP contribution in [0.15, 0.2) is 47.1 Å². The Morgan fingerprint density at radius 2 is 1.94 bits per heavy atom. The number of halogens is 1. The summed E-state index contributed by atoms with van der Waals surface area (Å²) >= 11 is 3.26. The number of hydrogen-bond acceptors (Lipinski definition) is 2. The van der Waals surface area contributed by atoms with Crippen molar-refractivity contribution < 1.29 is 4.79 Å². The Bertz CT molecular complexity index is 552.